The van der Waals surface area contributed by atoms with Crippen LogP contribution in [0.1, 0.15) is 75.3 Å². The lowest BCUT2D eigenvalue weighted by Crippen LogP contribution is -2.13. The van der Waals surface area contributed by atoms with Crippen LogP contribution in [0.5, 0.6) is 0 Å². The molecule has 0 bridgehead atoms. The van der Waals surface area contributed by atoms with Gasteiger partial charge in [-0.25, -0.2) is 0 Å². The molecule has 0 saturated heterocycles. The summed E-state index contributed by atoms with van der Waals surface area (Å²) in [7, 11) is 0. The van der Waals surface area contributed by atoms with Crippen molar-refractivity contribution in [1.82, 2.24) is 0 Å². The molecule has 0 heterocycles. The first-order valence-corrected chi connectivity index (χ1v) is 11.8. The molecule has 1 heteroatoms. The molecule has 0 unspecified atom stereocenters. The van der Waals surface area contributed by atoms with E-state index in [4.69, 9.17) is 4.74 Å². The predicted octanol–water partition coefficient (Wildman–Crippen LogP) is 8.47. The molecule has 2 aromatic carbocycles. The van der Waals surface area contributed by atoms with E-state index >= 15 is 0 Å². The normalized spacial score (nSPS) is 19.2. The van der Waals surface area contributed by atoms with Gasteiger partial charge in [-0.2, -0.15) is 0 Å². The van der Waals surface area contributed by atoms with Crippen molar-refractivity contribution >= 4 is 0 Å². The Morgan fingerprint density at radius 1 is 0.900 bits per heavy atom. The van der Waals surface area contributed by atoms with Crippen LogP contribution in [-0.4, -0.2) is 6.61 Å². The summed E-state index contributed by atoms with van der Waals surface area (Å²) in [6, 6.07) is 18.1. The highest BCUT2D eigenvalue weighted by molar-refractivity contribution is 5.64. The zero-order valence-corrected chi connectivity index (χ0v) is 18.7. The highest BCUT2D eigenvalue weighted by Gasteiger charge is 2.21. The van der Waals surface area contributed by atoms with Gasteiger partial charge in [0.05, 0.1) is 6.61 Å². The minimum Gasteiger partial charge on any atom is -0.377 e. The van der Waals surface area contributed by atoms with Crippen molar-refractivity contribution in [3.05, 3.63) is 84.5 Å². The van der Waals surface area contributed by atoms with Crippen molar-refractivity contribution < 1.29 is 4.74 Å². The Kier molecular flexibility index (Phi) is 9.44. The fourth-order valence-electron chi connectivity index (χ4n) is 4.54. The van der Waals surface area contributed by atoms with Gasteiger partial charge in [-0.15, -0.1) is 6.58 Å². The molecule has 0 aliphatic heterocycles. The first-order valence-electron chi connectivity index (χ1n) is 11.8. The summed E-state index contributed by atoms with van der Waals surface area (Å²) in [5, 5.41) is 0. The lowest BCUT2D eigenvalue weighted by molar-refractivity contribution is 0.119. The van der Waals surface area contributed by atoms with Crippen LogP contribution in [0.2, 0.25) is 0 Å². The number of hydrogen-bond donors (Lipinski definition) is 0. The number of ether oxygens (including phenoxy) is 1. The second kappa shape index (κ2) is 12.5. The van der Waals surface area contributed by atoms with Crippen molar-refractivity contribution in [3.8, 4) is 11.1 Å². The van der Waals surface area contributed by atoms with Crippen LogP contribution >= 0.6 is 0 Å². The van der Waals surface area contributed by atoms with E-state index in [1.165, 1.54) is 60.8 Å². The number of unbranched alkanes of at least 4 members (excludes halogenated alkanes) is 1. The average Bonchev–Trinajstić information content (AvgIpc) is 2.80. The van der Waals surface area contributed by atoms with Crippen molar-refractivity contribution in [2.75, 3.05) is 6.61 Å². The second-order valence-corrected chi connectivity index (χ2v) is 8.67. The van der Waals surface area contributed by atoms with Crippen LogP contribution in [0.3, 0.4) is 0 Å². The maximum absolute atomic E-state index is 5.73. The van der Waals surface area contributed by atoms with Gasteiger partial charge < -0.3 is 4.74 Å². The Hall–Kier alpha value is -2.12. The molecule has 1 nitrogen and oxygen atoms in total. The number of benzene rings is 2. The molecular weight excluding hydrogens is 364 g/mol. The van der Waals surface area contributed by atoms with E-state index in [-0.39, 0.29) is 0 Å². The van der Waals surface area contributed by atoms with Crippen LogP contribution in [-0.2, 0) is 11.3 Å². The van der Waals surface area contributed by atoms with Crippen molar-refractivity contribution in [2.24, 2.45) is 5.92 Å². The largest absolute Gasteiger partial charge is 0.377 e. The highest BCUT2D eigenvalue weighted by atomic mass is 16.5. The Labute approximate surface area is 183 Å². The van der Waals surface area contributed by atoms with E-state index in [1.807, 2.05) is 6.08 Å². The SMILES string of the molecule is C=CCCCOCc1ccc(-c2ccc([C@H]3CC[C@H](CC/C=C/C)CC3)cc2)cc1. The molecular formula is C29H38O. The zero-order valence-electron chi connectivity index (χ0n) is 18.7. The van der Waals surface area contributed by atoms with E-state index in [9.17, 15) is 0 Å². The quantitative estimate of drug-likeness (QED) is 0.270. The first-order chi connectivity index (χ1) is 14.8. The molecule has 3 rings (SSSR count). The summed E-state index contributed by atoms with van der Waals surface area (Å²) < 4.78 is 5.73. The van der Waals surface area contributed by atoms with Crippen LogP contribution in [0.15, 0.2) is 73.3 Å². The van der Waals surface area contributed by atoms with Gasteiger partial charge in [-0.3, -0.25) is 0 Å². The summed E-state index contributed by atoms with van der Waals surface area (Å²) in [4.78, 5) is 0. The molecule has 1 fully saturated rings. The molecule has 1 aliphatic rings. The van der Waals surface area contributed by atoms with Gasteiger partial charge in [0.2, 0.25) is 0 Å². The number of hydrogen-bond acceptors (Lipinski definition) is 1. The summed E-state index contributed by atoms with van der Waals surface area (Å²) in [5.41, 5.74) is 5.34. The maximum Gasteiger partial charge on any atom is 0.0716 e. The van der Waals surface area contributed by atoms with Gasteiger partial charge in [0.25, 0.3) is 0 Å². The molecule has 0 amide bonds. The van der Waals surface area contributed by atoms with Crippen LogP contribution < -0.4 is 0 Å². The van der Waals surface area contributed by atoms with Crippen LogP contribution in [0, 0.1) is 5.92 Å². The fourth-order valence-corrected chi connectivity index (χ4v) is 4.54. The lowest BCUT2D eigenvalue weighted by atomic mass is 9.77. The smallest absolute Gasteiger partial charge is 0.0716 e. The second-order valence-electron chi connectivity index (χ2n) is 8.67. The summed E-state index contributed by atoms with van der Waals surface area (Å²) >= 11 is 0. The van der Waals surface area contributed by atoms with Gasteiger partial charge in [0.1, 0.15) is 0 Å². The Balaban J connectivity index is 1.48. The molecule has 1 aliphatic carbocycles. The summed E-state index contributed by atoms with van der Waals surface area (Å²) in [6.07, 6.45) is 16.6. The molecule has 0 atom stereocenters. The van der Waals surface area contributed by atoms with Gasteiger partial charge >= 0.3 is 0 Å². The van der Waals surface area contributed by atoms with Gasteiger partial charge in [0, 0.05) is 6.61 Å². The van der Waals surface area contributed by atoms with Gasteiger partial charge in [-0.1, -0.05) is 66.8 Å². The molecule has 30 heavy (non-hydrogen) atoms. The van der Waals surface area contributed by atoms with E-state index in [2.05, 4.69) is 74.2 Å². The van der Waals surface area contributed by atoms with Crippen molar-refractivity contribution in [3.63, 3.8) is 0 Å². The van der Waals surface area contributed by atoms with Gasteiger partial charge in [-0.05, 0) is 92.4 Å². The fraction of sp³-hybridized carbons (Fsp3) is 0.448. The van der Waals surface area contributed by atoms with E-state index in [1.54, 1.807) is 0 Å². The van der Waals surface area contributed by atoms with Crippen LogP contribution in [0.4, 0.5) is 0 Å². The zero-order chi connectivity index (χ0) is 21.0. The number of rotatable bonds is 11. The van der Waals surface area contributed by atoms with E-state index in [0.29, 0.717) is 6.61 Å². The molecule has 1 saturated carbocycles. The maximum atomic E-state index is 5.73. The standard InChI is InChI=1S/C29H38O/c1-3-5-7-9-24-10-14-26(15-11-24)28-18-20-29(21-19-28)27-16-12-25(13-17-27)23-30-22-8-6-4-2/h3-5,12-13,16-21,24,26H,2,6-11,14-15,22-23H2,1H3/b5-3+/t24-,26-. The van der Waals surface area contributed by atoms with E-state index in [0.717, 1.165) is 31.3 Å². The Morgan fingerprint density at radius 2 is 1.57 bits per heavy atom. The van der Waals surface area contributed by atoms with Crippen molar-refractivity contribution in [1.29, 1.82) is 0 Å². The topological polar surface area (TPSA) is 9.23 Å². The average molecular weight is 403 g/mol. The molecule has 0 spiro atoms. The summed E-state index contributed by atoms with van der Waals surface area (Å²) in [5.74, 6) is 1.68. The molecule has 2 aromatic rings. The van der Waals surface area contributed by atoms with Crippen molar-refractivity contribution in [2.45, 2.75) is 70.8 Å². The molecule has 0 aromatic heterocycles. The monoisotopic (exact) mass is 402 g/mol. The van der Waals surface area contributed by atoms with E-state index < -0.39 is 0 Å². The summed E-state index contributed by atoms with van der Waals surface area (Å²) in [6.45, 7) is 7.35. The minimum absolute atomic E-state index is 0.688. The first kappa shape index (κ1) is 22.6. The third-order valence-corrected chi connectivity index (χ3v) is 6.46. The molecule has 0 radical (unpaired) electrons. The molecule has 0 N–H and O–H groups in total. The Bertz CT molecular complexity index is 761. The number of allylic oxidation sites excluding steroid dienone is 3. The third-order valence-electron chi connectivity index (χ3n) is 6.46. The third kappa shape index (κ3) is 6.99. The Morgan fingerprint density at radius 3 is 2.20 bits per heavy atom. The van der Waals surface area contributed by atoms with Gasteiger partial charge in [0.15, 0.2) is 0 Å². The predicted molar refractivity (Wildman–Crippen MR) is 130 cm³/mol. The molecule has 160 valence electrons. The highest BCUT2D eigenvalue weighted by Crippen LogP contribution is 2.38. The van der Waals surface area contributed by atoms with Crippen LogP contribution in [0.25, 0.3) is 11.1 Å². The minimum atomic E-state index is 0.688. The lowest BCUT2D eigenvalue weighted by Gasteiger charge is -2.28.